The molecule has 0 saturated heterocycles. The highest BCUT2D eigenvalue weighted by Gasteiger charge is 2.12. The molecule has 104 valence electrons. The molecule has 0 aliphatic carbocycles. The van der Waals surface area contributed by atoms with Crippen molar-refractivity contribution in [1.29, 1.82) is 0 Å². The lowest BCUT2D eigenvalue weighted by atomic mass is 10.3. The van der Waals surface area contributed by atoms with Gasteiger partial charge in [-0.2, -0.15) is 0 Å². The third-order valence-corrected chi connectivity index (χ3v) is 3.20. The summed E-state index contributed by atoms with van der Waals surface area (Å²) in [5, 5.41) is 0. The molecule has 0 bridgehead atoms. The number of anilines is 1. The van der Waals surface area contributed by atoms with Crippen LogP contribution in [-0.4, -0.2) is 29.9 Å². The number of nitrogen functional groups attached to an aromatic ring is 1. The van der Waals surface area contributed by atoms with E-state index in [9.17, 15) is 4.79 Å². The van der Waals surface area contributed by atoms with Crippen LogP contribution in [0.5, 0.6) is 11.5 Å². The standard InChI is InChI=1S/C14H14BrN3O2/c1-18(2)14(19)12-8-9(6-7-17-12)20-13-10(15)4-3-5-11(13)16/h3-8H,16H2,1-2H3. The van der Waals surface area contributed by atoms with E-state index in [2.05, 4.69) is 20.9 Å². The normalized spacial score (nSPS) is 10.2. The van der Waals surface area contributed by atoms with Gasteiger partial charge in [0.25, 0.3) is 5.91 Å². The van der Waals surface area contributed by atoms with Crippen LogP contribution in [0.3, 0.4) is 0 Å². The van der Waals surface area contributed by atoms with E-state index in [-0.39, 0.29) is 5.91 Å². The molecule has 0 unspecified atom stereocenters. The predicted octanol–water partition coefficient (Wildman–Crippen LogP) is 2.92. The molecule has 0 fully saturated rings. The first kappa shape index (κ1) is 14.3. The minimum absolute atomic E-state index is 0.185. The highest BCUT2D eigenvalue weighted by molar-refractivity contribution is 9.10. The highest BCUT2D eigenvalue weighted by Crippen LogP contribution is 2.34. The Hall–Kier alpha value is -2.08. The van der Waals surface area contributed by atoms with Gasteiger partial charge in [0.15, 0.2) is 5.75 Å². The van der Waals surface area contributed by atoms with Crippen LogP contribution in [-0.2, 0) is 0 Å². The summed E-state index contributed by atoms with van der Waals surface area (Å²) >= 11 is 3.38. The number of hydrogen-bond donors (Lipinski definition) is 1. The number of pyridine rings is 1. The molecule has 2 N–H and O–H groups in total. The number of carbonyl (C=O) groups is 1. The van der Waals surface area contributed by atoms with Crippen molar-refractivity contribution in [2.45, 2.75) is 0 Å². The van der Waals surface area contributed by atoms with Crippen molar-refractivity contribution < 1.29 is 9.53 Å². The predicted molar refractivity (Wildman–Crippen MR) is 80.9 cm³/mol. The largest absolute Gasteiger partial charge is 0.454 e. The number of benzene rings is 1. The average molecular weight is 336 g/mol. The van der Waals surface area contributed by atoms with Gasteiger partial charge < -0.3 is 15.4 Å². The van der Waals surface area contributed by atoms with E-state index >= 15 is 0 Å². The molecule has 0 spiro atoms. The van der Waals surface area contributed by atoms with Crippen LogP contribution in [0, 0.1) is 0 Å². The summed E-state index contributed by atoms with van der Waals surface area (Å²) in [6.07, 6.45) is 1.53. The minimum atomic E-state index is -0.185. The maximum absolute atomic E-state index is 11.9. The molecule has 20 heavy (non-hydrogen) atoms. The van der Waals surface area contributed by atoms with Gasteiger partial charge in [0, 0.05) is 26.4 Å². The maximum Gasteiger partial charge on any atom is 0.272 e. The van der Waals surface area contributed by atoms with Gasteiger partial charge in [-0.25, -0.2) is 0 Å². The molecular weight excluding hydrogens is 322 g/mol. The Morgan fingerprint density at radius 1 is 1.35 bits per heavy atom. The Morgan fingerprint density at radius 2 is 2.10 bits per heavy atom. The van der Waals surface area contributed by atoms with Crippen molar-refractivity contribution in [2.24, 2.45) is 0 Å². The number of amides is 1. The Bertz CT molecular complexity index is 624. The number of rotatable bonds is 3. The molecule has 1 aromatic carbocycles. The van der Waals surface area contributed by atoms with Crippen molar-refractivity contribution in [3.63, 3.8) is 0 Å². The van der Waals surface area contributed by atoms with Crippen LogP contribution in [0.4, 0.5) is 5.69 Å². The molecule has 2 rings (SSSR count). The number of hydrogen-bond acceptors (Lipinski definition) is 4. The Kier molecular flexibility index (Phi) is 4.24. The van der Waals surface area contributed by atoms with Crippen LogP contribution < -0.4 is 10.5 Å². The van der Waals surface area contributed by atoms with E-state index in [1.54, 1.807) is 32.3 Å². The van der Waals surface area contributed by atoms with Crippen molar-refractivity contribution in [3.8, 4) is 11.5 Å². The molecule has 6 heteroatoms. The second kappa shape index (κ2) is 5.92. The summed E-state index contributed by atoms with van der Waals surface area (Å²) in [5.41, 5.74) is 6.70. The van der Waals surface area contributed by atoms with Crippen LogP contribution >= 0.6 is 15.9 Å². The quantitative estimate of drug-likeness (QED) is 0.875. The third-order valence-electron chi connectivity index (χ3n) is 2.57. The molecule has 0 aliphatic heterocycles. The SMILES string of the molecule is CN(C)C(=O)c1cc(Oc2c(N)cccc2Br)ccn1. The van der Waals surface area contributed by atoms with Crippen LogP contribution in [0.2, 0.25) is 0 Å². The fraction of sp³-hybridized carbons (Fsp3) is 0.143. The van der Waals surface area contributed by atoms with Crippen LogP contribution in [0.1, 0.15) is 10.5 Å². The molecule has 1 aromatic heterocycles. The van der Waals surface area contributed by atoms with E-state index in [0.717, 1.165) is 4.47 Å². The van der Waals surface area contributed by atoms with E-state index in [1.807, 2.05) is 12.1 Å². The zero-order chi connectivity index (χ0) is 14.7. The van der Waals surface area contributed by atoms with Crippen molar-refractivity contribution in [2.75, 3.05) is 19.8 Å². The van der Waals surface area contributed by atoms with Gasteiger partial charge >= 0.3 is 0 Å². The summed E-state index contributed by atoms with van der Waals surface area (Å²) < 4.78 is 6.47. The van der Waals surface area contributed by atoms with Gasteiger partial charge in [-0.1, -0.05) is 6.07 Å². The summed E-state index contributed by atoms with van der Waals surface area (Å²) in [6.45, 7) is 0. The van der Waals surface area contributed by atoms with Crippen molar-refractivity contribution in [3.05, 3.63) is 46.7 Å². The summed E-state index contributed by atoms with van der Waals surface area (Å²) in [6, 6.07) is 8.65. The van der Waals surface area contributed by atoms with Gasteiger partial charge in [0.05, 0.1) is 10.2 Å². The number of para-hydroxylation sites is 1. The van der Waals surface area contributed by atoms with Gasteiger partial charge in [-0.15, -0.1) is 0 Å². The lowest BCUT2D eigenvalue weighted by Gasteiger charge is -2.12. The zero-order valence-corrected chi connectivity index (χ0v) is 12.7. The first-order valence-electron chi connectivity index (χ1n) is 5.88. The molecule has 0 aliphatic rings. The Morgan fingerprint density at radius 3 is 2.75 bits per heavy atom. The molecule has 5 nitrogen and oxygen atoms in total. The molecule has 1 amide bonds. The first-order chi connectivity index (χ1) is 9.49. The van der Waals surface area contributed by atoms with Gasteiger partial charge in [-0.3, -0.25) is 9.78 Å². The van der Waals surface area contributed by atoms with Gasteiger partial charge in [-0.05, 0) is 34.1 Å². The number of nitrogens with zero attached hydrogens (tertiary/aromatic N) is 2. The number of aromatic nitrogens is 1. The minimum Gasteiger partial charge on any atom is -0.454 e. The molecule has 0 radical (unpaired) electrons. The number of ether oxygens (including phenoxy) is 1. The Balaban J connectivity index is 2.31. The third kappa shape index (κ3) is 3.08. The Labute approximate surface area is 125 Å². The lowest BCUT2D eigenvalue weighted by Crippen LogP contribution is -2.22. The van der Waals surface area contributed by atoms with E-state index in [1.165, 1.54) is 11.1 Å². The molecule has 2 aromatic rings. The number of nitrogens with two attached hydrogens (primary N) is 1. The lowest BCUT2D eigenvalue weighted by molar-refractivity contribution is 0.0821. The first-order valence-corrected chi connectivity index (χ1v) is 6.68. The number of halogens is 1. The second-order valence-electron chi connectivity index (χ2n) is 4.34. The monoisotopic (exact) mass is 335 g/mol. The zero-order valence-electron chi connectivity index (χ0n) is 11.1. The van der Waals surface area contributed by atoms with Crippen molar-refractivity contribution >= 4 is 27.5 Å². The molecular formula is C14H14BrN3O2. The van der Waals surface area contributed by atoms with E-state index in [4.69, 9.17) is 10.5 Å². The second-order valence-corrected chi connectivity index (χ2v) is 5.19. The summed E-state index contributed by atoms with van der Waals surface area (Å²) in [5.74, 6) is 0.835. The molecule has 0 saturated carbocycles. The van der Waals surface area contributed by atoms with Gasteiger partial charge in [0.1, 0.15) is 11.4 Å². The van der Waals surface area contributed by atoms with Crippen molar-refractivity contribution in [1.82, 2.24) is 9.88 Å². The average Bonchev–Trinajstić information content (AvgIpc) is 2.42. The van der Waals surface area contributed by atoms with E-state index in [0.29, 0.717) is 22.9 Å². The molecule has 0 atom stereocenters. The number of carbonyl (C=O) groups excluding carboxylic acids is 1. The summed E-state index contributed by atoms with van der Waals surface area (Å²) in [7, 11) is 3.34. The van der Waals surface area contributed by atoms with Crippen LogP contribution in [0.25, 0.3) is 0 Å². The molecule has 1 heterocycles. The highest BCUT2D eigenvalue weighted by atomic mass is 79.9. The van der Waals surface area contributed by atoms with Crippen LogP contribution in [0.15, 0.2) is 41.0 Å². The summed E-state index contributed by atoms with van der Waals surface area (Å²) in [4.78, 5) is 17.3. The van der Waals surface area contributed by atoms with E-state index < -0.39 is 0 Å². The topological polar surface area (TPSA) is 68.5 Å². The fourth-order valence-corrected chi connectivity index (χ4v) is 2.03. The smallest absolute Gasteiger partial charge is 0.272 e. The fourth-order valence-electron chi connectivity index (χ4n) is 1.57. The maximum atomic E-state index is 11.9. The van der Waals surface area contributed by atoms with Gasteiger partial charge in [0.2, 0.25) is 0 Å².